The number of carbonyl (C=O) groups is 3. The van der Waals surface area contributed by atoms with Gasteiger partial charge in [-0.15, -0.1) is 0 Å². The summed E-state index contributed by atoms with van der Waals surface area (Å²) in [5.41, 5.74) is -0.884. The van der Waals surface area contributed by atoms with Crippen LogP contribution in [0.4, 0.5) is 0 Å². The van der Waals surface area contributed by atoms with Gasteiger partial charge in [0, 0.05) is 44.7 Å². The van der Waals surface area contributed by atoms with Gasteiger partial charge in [0.25, 0.3) is 5.56 Å². The molecule has 22 heavy (non-hydrogen) atoms. The molecule has 3 amide bonds. The first-order valence-corrected chi connectivity index (χ1v) is 7.28. The number of amides is 3. The third-order valence-electron chi connectivity index (χ3n) is 4.41. The van der Waals surface area contributed by atoms with Gasteiger partial charge in [-0.05, 0) is 12.5 Å². The van der Waals surface area contributed by atoms with Gasteiger partial charge in [-0.3, -0.25) is 24.5 Å². The maximum absolute atomic E-state index is 12.3. The van der Waals surface area contributed by atoms with E-state index in [0.717, 1.165) is 0 Å². The van der Waals surface area contributed by atoms with E-state index < -0.39 is 5.41 Å². The van der Waals surface area contributed by atoms with Crippen LogP contribution in [0.15, 0.2) is 29.2 Å². The van der Waals surface area contributed by atoms with Crippen molar-refractivity contribution in [3.8, 4) is 0 Å². The first-order valence-electron chi connectivity index (χ1n) is 7.28. The van der Waals surface area contributed by atoms with Gasteiger partial charge >= 0.3 is 0 Å². The Balaban J connectivity index is 1.61. The number of pyridine rings is 1. The van der Waals surface area contributed by atoms with E-state index in [1.165, 1.54) is 10.6 Å². The van der Waals surface area contributed by atoms with Crippen LogP contribution < -0.4 is 10.9 Å². The smallest absolute Gasteiger partial charge is 0.250 e. The summed E-state index contributed by atoms with van der Waals surface area (Å²) in [6.07, 6.45) is 2.52. The molecule has 116 valence electrons. The molecule has 1 N–H and O–H groups in total. The summed E-state index contributed by atoms with van der Waals surface area (Å²) in [7, 11) is 0. The average Bonchev–Trinajstić information content (AvgIpc) is 3.02. The number of likely N-dealkylation sites (tertiary alicyclic amines) is 1. The molecule has 0 radical (unpaired) electrons. The molecule has 1 spiro atoms. The monoisotopic (exact) mass is 303 g/mol. The normalized spacial score (nSPS) is 24.1. The predicted octanol–water partition coefficient (Wildman–Crippen LogP) is -0.496. The van der Waals surface area contributed by atoms with E-state index in [1.807, 2.05) is 0 Å². The van der Waals surface area contributed by atoms with Crippen molar-refractivity contribution < 1.29 is 14.4 Å². The Bertz CT molecular complexity index is 696. The average molecular weight is 303 g/mol. The Morgan fingerprint density at radius 2 is 2.09 bits per heavy atom. The minimum Gasteiger partial charge on any atom is -0.342 e. The maximum atomic E-state index is 12.3. The van der Waals surface area contributed by atoms with Gasteiger partial charge in [0.15, 0.2) is 0 Å². The fourth-order valence-corrected chi connectivity index (χ4v) is 3.13. The third-order valence-corrected chi connectivity index (χ3v) is 4.41. The van der Waals surface area contributed by atoms with Crippen LogP contribution in [0.3, 0.4) is 0 Å². The number of aryl methyl sites for hydroxylation is 1. The van der Waals surface area contributed by atoms with Gasteiger partial charge in [-0.2, -0.15) is 0 Å². The SMILES string of the molecule is O=C1CC2(CCN(C(=O)CCn3ccccc3=O)C2)C(=O)N1. The number of carbonyl (C=O) groups excluding carboxylic acids is 3. The van der Waals surface area contributed by atoms with Gasteiger partial charge in [0.1, 0.15) is 0 Å². The summed E-state index contributed by atoms with van der Waals surface area (Å²) in [5, 5.41) is 2.31. The summed E-state index contributed by atoms with van der Waals surface area (Å²) in [6.45, 7) is 1.07. The lowest BCUT2D eigenvalue weighted by Crippen LogP contribution is -2.37. The zero-order valence-electron chi connectivity index (χ0n) is 12.1. The zero-order valence-corrected chi connectivity index (χ0v) is 12.1. The van der Waals surface area contributed by atoms with Gasteiger partial charge in [-0.25, -0.2) is 0 Å². The van der Waals surface area contributed by atoms with Crippen LogP contribution in [-0.2, 0) is 20.9 Å². The molecule has 2 saturated heterocycles. The first kappa shape index (κ1) is 14.5. The van der Waals surface area contributed by atoms with E-state index in [0.29, 0.717) is 19.5 Å². The van der Waals surface area contributed by atoms with Crippen molar-refractivity contribution in [3.63, 3.8) is 0 Å². The second-order valence-electron chi connectivity index (χ2n) is 5.88. The highest BCUT2D eigenvalue weighted by Crippen LogP contribution is 2.37. The summed E-state index contributed by atoms with van der Waals surface area (Å²) in [6, 6.07) is 4.84. The quantitative estimate of drug-likeness (QED) is 0.763. The lowest BCUT2D eigenvalue weighted by molar-refractivity contribution is -0.132. The number of hydrogen-bond donors (Lipinski definition) is 1. The molecule has 1 aromatic rings. The Kier molecular flexibility index (Phi) is 3.56. The van der Waals surface area contributed by atoms with Crippen molar-refractivity contribution in [1.29, 1.82) is 0 Å². The fraction of sp³-hybridized carbons (Fsp3) is 0.467. The fourth-order valence-electron chi connectivity index (χ4n) is 3.13. The predicted molar refractivity (Wildman–Crippen MR) is 76.7 cm³/mol. The highest BCUT2D eigenvalue weighted by molar-refractivity contribution is 6.06. The van der Waals surface area contributed by atoms with Gasteiger partial charge in [0.2, 0.25) is 17.7 Å². The van der Waals surface area contributed by atoms with Crippen molar-refractivity contribution in [2.24, 2.45) is 5.41 Å². The molecular weight excluding hydrogens is 286 g/mol. The molecule has 0 aromatic carbocycles. The molecule has 7 nitrogen and oxygen atoms in total. The van der Waals surface area contributed by atoms with Gasteiger partial charge in [0.05, 0.1) is 5.41 Å². The van der Waals surface area contributed by atoms with Crippen LogP contribution in [0.2, 0.25) is 0 Å². The Morgan fingerprint density at radius 3 is 2.77 bits per heavy atom. The zero-order chi connectivity index (χ0) is 15.7. The third kappa shape index (κ3) is 2.54. The van der Waals surface area contributed by atoms with Crippen LogP contribution in [0.25, 0.3) is 0 Å². The minimum atomic E-state index is -0.740. The molecule has 0 saturated carbocycles. The number of aromatic nitrogens is 1. The van der Waals surface area contributed by atoms with Gasteiger partial charge in [-0.1, -0.05) is 6.07 Å². The highest BCUT2D eigenvalue weighted by atomic mass is 16.2. The molecule has 7 heteroatoms. The standard InChI is InChI=1S/C15H17N3O4/c19-11-9-15(14(22)16-11)5-8-18(10-15)13(21)4-7-17-6-2-1-3-12(17)20/h1-3,6H,4-5,7-10H2,(H,16,19,22). The van der Waals surface area contributed by atoms with Crippen LogP contribution in [0.1, 0.15) is 19.3 Å². The van der Waals surface area contributed by atoms with Crippen LogP contribution >= 0.6 is 0 Å². The largest absolute Gasteiger partial charge is 0.342 e. The molecule has 1 unspecified atom stereocenters. The summed E-state index contributed by atoms with van der Waals surface area (Å²) >= 11 is 0. The van der Waals surface area contributed by atoms with E-state index >= 15 is 0 Å². The highest BCUT2D eigenvalue weighted by Gasteiger charge is 2.51. The van der Waals surface area contributed by atoms with Crippen molar-refractivity contribution in [3.05, 3.63) is 34.7 Å². The molecule has 3 rings (SSSR count). The van der Waals surface area contributed by atoms with E-state index in [2.05, 4.69) is 5.32 Å². The van der Waals surface area contributed by atoms with Crippen LogP contribution in [-0.4, -0.2) is 40.3 Å². The molecule has 2 fully saturated rings. The number of imide groups is 1. The van der Waals surface area contributed by atoms with Crippen LogP contribution in [0, 0.1) is 5.41 Å². The van der Waals surface area contributed by atoms with Crippen molar-refractivity contribution >= 4 is 17.7 Å². The molecule has 1 atom stereocenters. The lowest BCUT2D eigenvalue weighted by Gasteiger charge is -2.20. The van der Waals surface area contributed by atoms with E-state index in [1.54, 1.807) is 23.2 Å². The summed E-state index contributed by atoms with van der Waals surface area (Å²) in [4.78, 5) is 48.7. The molecule has 0 aliphatic carbocycles. The second-order valence-corrected chi connectivity index (χ2v) is 5.88. The maximum Gasteiger partial charge on any atom is 0.250 e. The molecular formula is C15H17N3O4. The Hall–Kier alpha value is -2.44. The number of hydrogen-bond acceptors (Lipinski definition) is 4. The number of rotatable bonds is 3. The van der Waals surface area contributed by atoms with Crippen LogP contribution in [0.5, 0.6) is 0 Å². The van der Waals surface area contributed by atoms with E-state index in [4.69, 9.17) is 0 Å². The number of nitrogens with one attached hydrogen (secondary N) is 1. The lowest BCUT2D eigenvalue weighted by atomic mass is 9.85. The van der Waals surface area contributed by atoms with Crippen molar-refractivity contribution in [1.82, 2.24) is 14.8 Å². The Morgan fingerprint density at radius 1 is 1.27 bits per heavy atom. The molecule has 1 aromatic heterocycles. The summed E-state index contributed by atoms with van der Waals surface area (Å²) in [5.74, 6) is -0.637. The molecule has 3 heterocycles. The van der Waals surface area contributed by atoms with E-state index in [-0.39, 0.29) is 42.7 Å². The molecule has 0 bridgehead atoms. The van der Waals surface area contributed by atoms with Crippen molar-refractivity contribution in [2.75, 3.05) is 13.1 Å². The minimum absolute atomic E-state index is 0.0974. The Labute approximate surface area is 126 Å². The molecule has 2 aliphatic heterocycles. The first-order chi connectivity index (χ1) is 10.5. The topological polar surface area (TPSA) is 88.5 Å². The van der Waals surface area contributed by atoms with E-state index in [9.17, 15) is 19.2 Å². The molecule has 2 aliphatic rings. The second kappa shape index (κ2) is 5.40. The van der Waals surface area contributed by atoms with Crippen molar-refractivity contribution in [2.45, 2.75) is 25.8 Å². The van der Waals surface area contributed by atoms with Gasteiger partial charge < -0.3 is 9.47 Å². The number of nitrogens with zero attached hydrogens (tertiary/aromatic N) is 2. The summed E-state index contributed by atoms with van der Waals surface area (Å²) < 4.78 is 1.48.